The number of hydrogen-bond acceptors (Lipinski definition) is 4. The van der Waals surface area contributed by atoms with Crippen LogP contribution in [0.25, 0.3) is 10.9 Å². The Balaban J connectivity index is 1.49. The lowest BCUT2D eigenvalue weighted by Crippen LogP contribution is -2.12. The molecule has 1 N–H and O–H groups in total. The van der Waals surface area contributed by atoms with Crippen LogP contribution in [0.3, 0.4) is 0 Å². The number of nitrogens with one attached hydrogen (secondary N) is 1. The molecule has 1 heterocycles. The fraction of sp³-hybridized carbons (Fsp3) is 0.348. The molecule has 0 saturated heterocycles. The first kappa shape index (κ1) is 19.0. The zero-order valence-electron chi connectivity index (χ0n) is 16.0. The molecule has 142 valence electrons. The van der Waals surface area contributed by atoms with Crippen LogP contribution >= 0.6 is 0 Å². The van der Waals surface area contributed by atoms with E-state index in [1.54, 1.807) is 0 Å². The van der Waals surface area contributed by atoms with Crippen LogP contribution in [-0.4, -0.2) is 24.7 Å². The van der Waals surface area contributed by atoms with Crippen molar-refractivity contribution in [3.05, 3.63) is 60.8 Å². The monoisotopic (exact) mass is 364 g/mol. The highest BCUT2D eigenvalue weighted by Gasteiger charge is 2.05. The van der Waals surface area contributed by atoms with Crippen molar-refractivity contribution in [1.82, 2.24) is 4.98 Å². The summed E-state index contributed by atoms with van der Waals surface area (Å²) < 4.78 is 11.8. The molecule has 1 aromatic heterocycles. The fourth-order valence-electron chi connectivity index (χ4n) is 3.00. The van der Waals surface area contributed by atoms with Crippen molar-refractivity contribution in [2.45, 2.75) is 32.6 Å². The molecular formula is C23H28N2O2. The Kier molecular flexibility index (Phi) is 7.34. The summed E-state index contributed by atoms with van der Waals surface area (Å²) >= 11 is 0. The molecule has 0 amide bonds. The first-order chi connectivity index (χ1) is 13.4. The van der Waals surface area contributed by atoms with Gasteiger partial charge in [-0.1, -0.05) is 56.5 Å². The lowest BCUT2D eigenvalue weighted by molar-refractivity contribution is 0.268. The van der Waals surface area contributed by atoms with Gasteiger partial charge in [0.1, 0.15) is 6.61 Å². The number of fused-ring (bicyclic) bond motifs is 1. The van der Waals surface area contributed by atoms with E-state index in [9.17, 15) is 0 Å². The third-order valence-corrected chi connectivity index (χ3v) is 4.43. The first-order valence-electron chi connectivity index (χ1n) is 9.80. The highest BCUT2D eigenvalue weighted by molar-refractivity contribution is 5.90. The molecule has 3 aromatic rings. The van der Waals surface area contributed by atoms with Crippen molar-refractivity contribution in [2.24, 2.45) is 0 Å². The minimum absolute atomic E-state index is 0.562. The van der Waals surface area contributed by atoms with Gasteiger partial charge in [0, 0.05) is 23.8 Å². The molecule has 0 aliphatic carbocycles. The van der Waals surface area contributed by atoms with Crippen LogP contribution in [0.2, 0.25) is 0 Å². The van der Waals surface area contributed by atoms with Crippen molar-refractivity contribution in [2.75, 3.05) is 25.1 Å². The molecule has 0 radical (unpaired) electrons. The van der Waals surface area contributed by atoms with Crippen molar-refractivity contribution in [3.8, 4) is 11.5 Å². The molecular weight excluding hydrogens is 336 g/mol. The Bertz CT molecular complexity index is 830. The van der Waals surface area contributed by atoms with Gasteiger partial charge in [0.25, 0.3) is 0 Å². The molecule has 0 bridgehead atoms. The quantitative estimate of drug-likeness (QED) is 0.444. The lowest BCUT2D eigenvalue weighted by atomic mass is 10.2. The van der Waals surface area contributed by atoms with E-state index >= 15 is 0 Å². The van der Waals surface area contributed by atoms with Crippen molar-refractivity contribution < 1.29 is 9.47 Å². The van der Waals surface area contributed by atoms with E-state index < -0.39 is 0 Å². The van der Waals surface area contributed by atoms with Crippen LogP contribution in [0.4, 0.5) is 5.69 Å². The molecule has 2 aromatic carbocycles. The Morgan fingerprint density at radius 3 is 2.37 bits per heavy atom. The number of rotatable bonds is 11. The first-order valence-corrected chi connectivity index (χ1v) is 9.80. The van der Waals surface area contributed by atoms with E-state index in [1.165, 1.54) is 19.3 Å². The summed E-state index contributed by atoms with van der Waals surface area (Å²) in [7, 11) is 0. The van der Waals surface area contributed by atoms with Gasteiger partial charge < -0.3 is 14.8 Å². The summed E-state index contributed by atoms with van der Waals surface area (Å²) in [6.07, 6.45) is 6.62. The topological polar surface area (TPSA) is 43.4 Å². The molecule has 0 fully saturated rings. The number of pyridine rings is 1. The van der Waals surface area contributed by atoms with Crippen LogP contribution in [0, 0.1) is 0 Å². The van der Waals surface area contributed by atoms with Gasteiger partial charge in [-0.05, 0) is 30.7 Å². The minimum atomic E-state index is 0.562. The Labute approximate surface area is 161 Å². The molecule has 27 heavy (non-hydrogen) atoms. The van der Waals surface area contributed by atoms with Gasteiger partial charge in [0.05, 0.1) is 12.1 Å². The standard InChI is InChI=1S/C23H28N2O2/c1-2-3-4-9-17-26-22-12-7-8-13-23(22)27-18-16-25-21-14-15-24-20-11-6-5-10-19(20)21/h5-8,10-15H,2-4,9,16-18H2,1H3,(H,24,25). The second kappa shape index (κ2) is 10.4. The minimum Gasteiger partial charge on any atom is -0.490 e. The Morgan fingerprint density at radius 2 is 1.56 bits per heavy atom. The summed E-state index contributed by atoms with van der Waals surface area (Å²) in [5.74, 6) is 1.62. The molecule has 0 atom stereocenters. The number of ether oxygens (including phenoxy) is 2. The third kappa shape index (κ3) is 5.61. The van der Waals surface area contributed by atoms with E-state index in [4.69, 9.17) is 9.47 Å². The van der Waals surface area contributed by atoms with E-state index in [1.807, 2.05) is 54.7 Å². The number of nitrogens with zero attached hydrogens (tertiary/aromatic N) is 1. The van der Waals surface area contributed by atoms with Crippen LogP contribution < -0.4 is 14.8 Å². The van der Waals surface area contributed by atoms with E-state index in [0.29, 0.717) is 13.2 Å². The summed E-state index contributed by atoms with van der Waals surface area (Å²) in [5, 5.41) is 4.56. The van der Waals surface area contributed by atoms with Crippen molar-refractivity contribution >= 4 is 16.6 Å². The van der Waals surface area contributed by atoms with Gasteiger partial charge in [-0.2, -0.15) is 0 Å². The fourth-order valence-corrected chi connectivity index (χ4v) is 3.00. The molecule has 0 unspecified atom stereocenters. The Hall–Kier alpha value is -2.75. The zero-order valence-corrected chi connectivity index (χ0v) is 16.0. The molecule has 4 nitrogen and oxygen atoms in total. The van der Waals surface area contributed by atoms with Gasteiger partial charge in [-0.15, -0.1) is 0 Å². The summed E-state index contributed by atoms with van der Waals surface area (Å²) in [6.45, 7) is 4.22. The van der Waals surface area contributed by atoms with E-state index in [-0.39, 0.29) is 0 Å². The summed E-state index contributed by atoms with van der Waals surface area (Å²) in [5.41, 5.74) is 2.06. The second-order valence-electron chi connectivity index (χ2n) is 6.51. The number of benzene rings is 2. The van der Waals surface area contributed by atoms with E-state index in [2.05, 4.69) is 23.3 Å². The average molecular weight is 364 g/mol. The average Bonchev–Trinajstić information content (AvgIpc) is 2.72. The van der Waals surface area contributed by atoms with Crippen molar-refractivity contribution in [3.63, 3.8) is 0 Å². The largest absolute Gasteiger partial charge is 0.490 e. The van der Waals surface area contributed by atoms with Crippen LogP contribution in [0.15, 0.2) is 60.8 Å². The molecule has 3 rings (SSSR count). The SMILES string of the molecule is CCCCCCOc1ccccc1OCCNc1ccnc2ccccc12. The zero-order chi connectivity index (χ0) is 18.7. The molecule has 4 heteroatoms. The maximum atomic E-state index is 5.95. The normalized spacial score (nSPS) is 10.7. The molecule has 0 saturated carbocycles. The number of para-hydroxylation sites is 3. The second-order valence-corrected chi connectivity index (χ2v) is 6.51. The smallest absolute Gasteiger partial charge is 0.161 e. The number of hydrogen-bond donors (Lipinski definition) is 1. The van der Waals surface area contributed by atoms with Crippen molar-refractivity contribution in [1.29, 1.82) is 0 Å². The summed E-state index contributed by atoms with van der Waals surface area (Å²) in [4.78, 5) is 4.39. The highest BCUT2D eigenvalue weighted by Crippen LogP contribution is 2.27. The van der Waals surface area contributed by atoms with Crippen LogP contribution in [0.1, 0.15) is 32.6 Å². The summed E-state index contributed by atoms with van der Waals surface area (Å²) in [6, 6.07) is 18.0. The predicted molar refractivity (Wildman–Crippen MR) is 112 cm³/mol. The maximum absolute atomic E-state index is 5.95. The maximum Gasteiger partial charge on any atom is 0.161 e. The van der Waals surface area contributed by atoms with Gasteiger partial charge in [0.15, 0.2) is 11.5 Å². The van der Waals surface area contributed by atoms with Gasteiger partial charge >= 0.3 is 0 Å². The number of unbranched alkanes of at least 4 members (excludes halogenated alkanes) is 3. The van der Waals surface area contributed by atoms with Crippen LogP contribution in [-0.2, 0) is 0 Å². The Morgan fingerprint density at radius 1 is 0.815 bits per heavy atom. The predicted octanol–water partition coefficient (Wildman–Crippen LogP) is 5.68. The highest BCUT2D eigenvalue weighted by atomic mass is 16.5. The third-order valence-electron chi connectivity index (χ3n) is 4.43. The molecule has 0 aliphatic rings. The number of anilines is 1. The molecule has 0 spiro atoms. The van der Waals surface area contributed by atoms with E-state index in [0.717, 1.165) is 41.1 Å². The lowest BCUT2D eigenvalue weighted by Gasteiger charge is -2.14. The van der Waals surface area contributed by atoms with Gasteiger partial charge in [-0.25, -0.2) is 0 Å². The number of aromatic nitrogens is 1. The van der Waals surface area contributed by atoms with Gasteiger partial charge in [0.2, 0.25) is 0 Å². The van der Waals surface area contributed by atoms with Crippen LogP contribution in [0.5, 0.6) is 11.5 Å². The van der Waals surface area contributed by atoms with Gasteiger partial charge in [-0.3, -0.25) is 4.98 Å². The molecule has 0 aliphatic heterocycles.